The van der Waals surface area contributed by atoms with E-state index in [1.807, 2.05) is 30.5 Å². The number of rotatable bonds is 6. The Bertz CT molecular complexity index is 726. The summed E-state index contributed by atoms with van der Waals surface area (Å²) in [5.41, 5.74) is 1.19. The van der Waals surface area contributed by atoms with Crippen molar-refractivity contribution >= 4 is 11.5 Å². The van der Waals surface area contributed by atoms with Gasteiger partial charge in [0.15, 0.2) is 5.82 Å². The summed E-state index contributed by atoms with van der Waals surface area (Å²) in [6, 6.07) is 12.5. The summed E-state index contributed by atoms with van der Waals surface area (Å²) in [7, 11) is 2.09. The van der Waals surface area contributed by atoms with Gasteiger partial charge in [0.25, 0.3) is 0 Å². The second-order valence-electron chi connectivity index (χ2n) is 5.39. The molecule has 6 heteroatoms. The highest BCUT2D eigenvalue weighted by atomic mass is 15.3. The van der Waals surface area contributed by atoms with Gasteiger partial charge in [-0.15, -0.1) is 0 Å². The molecule has 0 aliphatic heterocycles. The van der Waals surface area contributed by atoms with Crippen LogP contribution in [0.3, 0.4) is 0 Å². The van der Waals surface area contributed by atoms with Crippen molar-refractivity contribution in [3.05, 3.63) is 61.2 Å². The van der Waals surface area contributed by atoms with Crippen LogP contribution in [0.1, 0.15) is 6.92 Å². The summed E-state index contributed by atoms with van der Waals surface area (Å²) in [5, 5.41) is 7.51. The molecule has 6 nitrogen and oxygen atoms in total. The monoisotopic (exact) mass is 308 g/mol. The van der Waals surface area contributed by atoms with Gasteiger partial charge in [0.1, 0.15) is 5.82 Å². The Labute approximate surface area is 135 Å². The highest BCUT2D eigenvalue weighted by Crippen LogP contribution is 2.14. The molecule has 1 N–H and O–H groups in total. The van der Waals surface area contributed by atoms with E-state index in [0.29, 0.717) is 11.9 Å². The van der Waals surface area contributed by atoms with E-state index in [9.17, 15) is 0 Å². The van der Waals surface area contributed by atoms with E-state index in [1.165, 1.54) is 5.69 Å². The number of nitrogens with zero attached hydrogens (tertiary/aromatic N) is 5. The predicted octanol–water partition coefficient (Wildman–Crippen LogP) is 2.60. The van der Waals surface area contributed by atoms with E-state index in [4.69, 9.17) is 0 Å². The van der Waals surface area contributed by atoms with Crippen molar-refractivity contribution in [1.29, 1.82) is 0 Å². The van der Waals surface area contributed by atoms with Crippen molar-refractivity contribution in [3.63, 3.8) is 0 Å². The molecule has 0 radical (unpaired) electrons. The minimum absolute atomic E-state index is 0.313. The lowest BCUT2D eigenvalue weighted by molar-refractivity contribution is 0.713. The van der Waals surface area contributed by atoms with Crippen molar-refractivity contribution in [1.82, 2.24) is 19.7 Å². The number of aromatic nitrogens is 4. The first-order valence-corrected chi connectivity index (χ1v) is 7.58. The molecule has 2 aromatic heterocycles. The fraction of sp³-hybridized carbons (Fsp3) is 0.235. The van der Waals surface area contributed by atoms with E-state index >= 15 is 0 Å². The Morgan fingerprint density at radius 2 is 2.00 bits per heavy atom. The molecule has 23 heavy (non-hydrogen) atoms. The third-order valence-corrected chi connectivity index (χ3v) is 3.76. The van der Waals surface area contributed by atoms with E-state index in [-0.39, 0.29) is 0 Å². The number of para-hydroxylation sites is 1. The summed E-state index contributed by atoms with van der Waals surface area (Å²) in [6.07, 6.45) is 6.98. The fourth-order valence-corrected chi connectivity index (χ4v) is 2.26. The quantitative estimate of drug-likeness (QED) is 0.758. The molecule has 118 valence electrons. The number of nitrogens with one attached hydrogen (secondary N) is 1. The molecular formula is C17H20N6. The normalized spacial score (nSPS) is 11.9. The smallest absolute Gasteiger partial charge is 0.173 e. The van der Waals surface area contributed by atoms with Crippen LogP contribution in [0.25, 0.3) is 5.82 Å². The first-order chi connectivity index (χ1) is 11.2. The lowest BCUT2D eigenvalue weighted by Gasteiger charge is -2.27. The Kier molecular flexibility index (Phi) is 4.52. The van der Waals surface area contributed by atoms with E-state index in [0.717, 1.165) is 12.4 Å². The van der Waals surface area contributed by atoms with Crippen LogP contribution >= 0.6 is 0 Å². The van der Waals surface area contributed by atoms with Crippen LogP contribution in [-0.2, 0) is 0 Å². The summed E-state index contributed by atoms with van der Waals surface area (Å²) in [5.74, 6) is 1.44. The van der Waals surface area contributed by atoms with Gasteiger partial charge < -0.3 is 10.2 Å². The van der Waals surface area contributed by atoms with Crippen LogP contribution in [-0.4, -0.2) is 39.4 Å². The molecule has 0 amide bonds. The van der Waals surface area contributed by atoms with Crippen molar-refractivity contribution < 1.29 is 0 Å². The number of likely N-dealkylation sites (N-methyl/N-ethyl adjacent to an activating group) is 1. The number of anilines is 2. The average Bonchev–Trinajstić information content (AvgIpc) is 3.15. The molecule has 3 aromatic rings. The third kappa shape index (κ3) is 3.66. The predicted molar refractivity (Wildman–Crippen MR) is 92.0 cm³/mol. The van der Waals surface area contributed by atoms with Gasteiger partial charge in [-0.25, -0.2) is 9.67 Å². The Morgan fingerprint density at radius 3 is 2.74 bits per heavy atom. The fourth-order valence-electron chi connectivity index (χ4n) is 2.26. The molecule has 0 saturated carbocycles. The van der Waals surface area contributed by atoms with E-state index < -0.39 is 0 Å². The SMILES string of the molecule is C[C@H](CNc1cncc(-n2cccn2)n1)N(C)c1ccccc1. The summed E-state index contributed by atoms with van der Waals surface area (Å²) < 4.78 is 1.69. The molecule has 0 fully saturated rings. The lowest BCUT2D eigenvalue weighted by Crippen LogP contribution is -2.34. The van der Waals surface area contributed by atoms with Crippen LogP contribution in [0.4, 0.5) is 11.5 Å². The third-order valence-electron chi connectivity index (χ3n) is 3.76. The number of hydrogen-bond donors (Lipinski definition) is 1. The van der Waals surface area contributed by atoms with Crippen LogP contribution in [0.15, 0.2) is 61.2 Å². The van der Waals surface area contributed by atoms with Crippen molar-refractivity contribution in [2.45, 2.75) is 13.0 Å². The number of hydrogen-bond acceptors (Lipinski definition) is 5. The maximum atomic E-state index is 4.53. The molecule has 3 rings (SSSR count). The molecular weight excluding hydrogens is 288 g/mol. The van der Waals surface area contributed by atoms with Gasteiger partial charge in [0.05, 0.1) is 12.4 Å². The molecule has 2 heterocycles. The minimum atomic E-state index is 0.313. The molecule has 0 aliphatic carbocycles. The first kappa shape index (κ1) is 15.0. The maximum Gasteiger partial charge on any atom is 0.173 e. The van der Waals surface area contributed by atoms with Gasteiger partial charge >= 0.3 is 0 Å². The maximum absolute atomic E-state index is 4.53. The molecule has 0 unspecified atom stereocenters. The zero-order valence-corrected chi connectivity index (χ0v) is 13.3. The molecule has 0 bridgehead atoms. The summed E-state index contributed by atoms with van der Waals surface area (Å²) in [4.78, 5) is 11.0. The zero-order chi connectivity index (χ0) is 16.1. The lowest BCUT2D eigenvalue weighted by atomic mass is 10.2. The topological polar surface area (TPSA) is 58.9 Å². The molecule has 1 atom stereocenters. The van der Waals surface area contributed by atoms with Gasteiger partial charge in [-0.05, 0) is 25.1 Å². The van der Waals surface area contributed by atoms with Gasteiger partial charge in [-0.3, -0.25) is 4.98 Å². The van der Waals surface area contributed by atoms with E-state index in [1.54, 1.807) is 23.3 Å². The zero-order valence-electron chi connectivity index (χ0n) is 13.3. The highest BCUT2D eigenvalue weighted by molar-refractivity contribution is 5.46. The number of benzene rings is 1. The van der Waals surface area contributed by atoms with Crippen LogP contribution in [0.2, 0.25) is 0 Å². The second-order valence-corrected chi connectivity index (χ2v) is 5.39. The average molecular weight is 308 g/mol. The Hall–Kier alpha value is -2.89. The van der Waals surface area contributed by atoms with Crippen LogP contribution < -0.4 is 10.2 Å². The largest absolute Gasteiger partial charge is 0.370 e. The molecule has 0 saturated heterocycles. The summed E-state index contributed by atoms with van der Waals surface area (Å²) >= 11 is 0. The van der Waals surface area contributed by atoms with Crippen molar-refractivity contribution in [3.8, 4) is 5.82 Å². The molecule has 0 aliphatic rings. The Balaban J connectivity index is 1.63. The van der Waals surface area contributed by atoms with Gasteiger partial charge in [0.2, 0.25) is 0 Å². The summed E-state index contributed by atoms with van der Waals surface area (Å²) in [6.45, 7) is 2.94. The van der Waals surface area contributed by atoms with Gasteiger partial charge in [-0.1, -0.05) is 18.2 Å². The van der Waals surface area contributed by atoms with Crippen LogP contribution in [0.5, 0.6) is 0 Å². The standard InChI is InChI=1S/C17H20N6/c1-14(22(2)15-7-4-3-5-8-15)11-19-16-12-18-13-17(21-16)23-10-6-9-20-23/h3-10,12-14H,11H2,1-2H3,(H,19,21)/t14-/m1/s1. The van der Waals surface area contributed by atoms with Gasteiger partial charge in [-0.2, -0.15) is 5.10 Å². The second kappa shape index (κ2) is 6.91. The van der Waals surface area contributed by atoms with Crippen molar-refractivity contribution in [2.75, 3.05) is 23.8 Å². The highest BCUT2D eigenvalue weighted by Gasteiger charge is 2.10. The molecule has 0 spiro atoms. The van der Waals surface area contributed by atoms with Gasteiger partial charge in [0, 0.05) is 37.7 Å². The minimum Gasteiger partial charge on any atom is -0.370 e. The van der Waals surface area contributed by atoms with E-state index in [2.05, 4.69) is 51.4 Å². The van der Waals surface area contributed by atoms with Crippen molar-refractivity contribution in [2.24, 2.45) is 0 Å². The first-order valence-electron chi connectivity index (χ1n) is 7.58. The molecule has 1 aromatic carbocycles. The Morgan fingerprint density at radius 1 is 1.17 bits per heavy atom. The van der Waals surface area contributed by atoms with Crippen LogP contribution in [0, 0.1) is 0 Å².